The zero-order valence-electron chi connectivity index (χ0n) is 5.86. The molecule has 0 radical (unpaired) electrons. The summed E-state index contributed by atoms with van der Waals surface area (Å²) in [6, 6.07) is 2.71. The fourth-order valence-corrected chi connectivity index (χ4v) is 1.41. The first-order chi connectivity index (χ1) is 5.25. The van der Waals surface area contributed by atoms with Crippen LogP contribution in [-0.4, -0.2) is 23.5 Å². The molecule has 0 saturated heterocycles. The summed E-state index contributed by atoms with van der Waals surface area (Å²) in [5.41, 5.74) is 5.31. The van der Waals surface area contributed by atoms with Crippen LogP contribution in [0.4, 0.5) is 0 Å². The van der Waals surface area contributed by atoms with Crippen molar-refractivity contribution in [1.82, 2.24) is 0 Å². The maximum Gasteiger partial charge on any atom is 0.191 e. The average Bonchev–Trinajstić information content (AvgIpc) is 2.53. The van der Waals surface area contributed by atoms with E-state index in [0.29, 0.717) is 4.88 Å². The van der Waals surface area contributed by atoms with Gasteiger partial charge in [0.2, 0.25) is 0 Å². The second kappa shape index (κ2) is 3.61. The Kier molecular flexibility index (Phi) is 2.76. The minimum atomic E-state index is -0.770. The van der Waals surface area contributed by atoms with Crippen LogP contribution in [0.5, 0.6) is 0 Å². The Morgan fingerprint density at radius 1 is 1.82 bits per heavy atom. The van der Waals surface area contributed by atoms with Gasteiger partial charge in [-0.25, -0.2) is 0 Å². The number of carbonyl (C=O) groups is 1. The molecule has 0 aliphatic carbocycles. The number of Topliss-reactive ketones (excluding diaryl/α,β-unsaturated/α-hetero) is 1. The molecule has 0 fully saturated rings. The van der Waals surface area contributed by atoms with Gasteiger partial charge in [0.05, 0.1) is 17.5 Å². The van der Waals surface area contributed by atoms with Gasteiger partial charge < -0.3 is 10.8 Å². The van der Waals surface area contributed by atoms with Crippen molar-refractivity contribution in [2.75, 3.05) is 6.61 Å². The van der Waals surface area contributed by atoms with Gasteiger partial charge >= 0.3 is 0 Å². The Morgan fingerprint density at radius 3 is 3.00 bits per heavy atom. The molecule has 0 unspecified atom stereocenters. The zero-order chi connectivity index (χ0) is 8.27. The van der Waals surface area contributed by atoms with Crippen molar-refractivity contribution in [3.8, 4) is 0 Å². The Labute approximate surface area is 68.5 Å². The zero-order valence-corrected chi connectivity index (χ0v) is 6.67. The molecule has 3 N–H and O–H groups in total. The molecular weight excluding hydrogens is 162 g/mol. The van der Waals surface area contributed by atoms with Crippen LogP contribution in [-0.2, 0) is 0 Å². The van der Waals surface area contributed by atoms with Crippen LogP contribution >= 0.6 is 11.3 Å². The van der Waals surface area contributed by atoms with Crippen LogP contribution in [0.3, 0.4) is 0 Å². The smallest absolute Gasteiger partial charge is 0.191 e. The SMILES string of the molecule is N[C@H](CO)C(=O)c1cccs1. The van der Waals surface area contributed by atoms with Crippen molar-refractivity contribution in [2.24, 2.45) is 5.73 Å². The normalized spacial score (nSPS) is 12.9. The third-order valence-corrected chi connectivity index (χ3v) is 2.18. The lowest BCUT2D eigenvalue weighted by molar-refractivity contribution is 0.0929. The van der Waals surface area contributed by atoms with E-state index in [9.17, 15) is 4.79 Å². The molecule has 3 nitrogen and oxygen atoms in total. The molecule has 60 valence electrons. The van der Waals surface area contributed by atoms with Crippen molar-refractivity contribution in [3.05, 3.63) is 22.4 Å². The van der Waals surface area contributed by atoms with E-state index in [-0.39, 0.29) is 12.4 Å². The lowest BCUT2D eigenvalue weighted by atomic mass is 10.2. The summed E-state index contributed by atoms with van der Waals surface area (Å²) in [6.07, 6.45) is 0. The van der Waals surface area contributed by atoms with Crippen LogP contribution < -0.4 is 5.73 Å². The molecule has 1 atom stereocenters. The van der Waals surface area contributed by atoms with E-state index in [0.717, 1.165) is 0 Å². The lowest BCUT2D eigenvalue weighted by Crippen LogP contribution is -2.33. The summed E-state index contributed by atoms with van der Waals surface area (Å²) in [5, 5.41) is 10.4. The number of thiophene rings is 1. The van der Waals surface area contributed by atoms with Crippen LogP contribution in [0, 0.1) is 0 Å². The van der Waals surface area contributed by atoms with Crippen molar-refractivity contribution in [1.29, 1.82) is 0 Å². The highest BCUT2D eigenvalue weighted by Crippen LogP contribution is 2.10. The molecule has 0 spiro atoms. The molecule has 0 amide bonds. The first-order valence-electron chi connectivity index (χ1n) is 3.20. The summed E-state index contributed by atoms with van der Waals surface area (Å²) < 4.78 is 0. The summed E-state index contributed by atoms with van der Waals surface area (Å²) in [7, 11) is 0. The van der Waals surface area contributed by atoms with E-state index in [1.165, 1.54) is 11.3 Å². The van der Waals surface area contributed by atoms with Gasteiger partial charge in [-0.3, -0.25) is 4.79 Å². The number of aliphatic hydroxyl groups excluding tert-OH is 1. The molecule has 0 bridgehead atoms. The number of aliphatic hydroxyl groups is 1. The van der Waals surface area contributed by atoms with Crippen molar-refractivity contribution in [2.45, 2.75) is 6.04 Å². The Bertz CT molecular complexity index is 233. The van der Waals surface area contributed by atoms with Gasteiger partial charge in [-0.1, -0.05) is 6.07 Å². The Hall–Kier alpha value is -0.710. The van der Waals surface area contributed by atoms with Crippen LogP contribution in [0.2, 0.25) is 0 Å². The van der Waals surface area contributed by atoms with Crippen molar-refractivity contribution < 1.29 is 9.90 Å². The average molecular weight is 171 g/mol. The summed E-state index contributed by atoms with van der Waals surface area (Å²) in [4.78, 5) is 11.8. The minimum Gasteiger partial charge on any atom is -0.394 e. The quantitative estimate of drug-likeness (QED) is 0.641. The Balaban J connectivity index is 2.70. The maximum absolute atomic E-state index is 11.2. The molecule has 0 aliphatic heterocycles. The third-order valence-electron chi connectivity index (χ3n) is 1.30. The minimum absolute atomic E-state index is 0.192. The topological polar surface area (TPSA) is 63.3 Å². The van der Waals surface area contributed by atoms with Crippen LogP contribution in [0.1, 0.15) is 9.67 Å². The number of rotatable bonds is 3. The highest BCUT2D eigenvalue weighted by molar-refractivity contribution is 7.12. The summed E-state index contributed by atoms with van der Waals surface area (Å²) in [5.74, 6) is -0.192. The van der Waals surface area contributed by atoms with Gasteiger partial charge in [-0.2, -0.15) is 0 Å². The van der Waals surface area contributed by atoms with Gasteiger partial charge in [-0.05, 0) is 11.4 Å². The number of hydrogen-bond donors (Lipinski definition) is 2. The number of hydrogen-bond acceptors (Lipinski definition) is 4. The van der Waals surface area contributed by atoms with Crippen molar-refractivity contribution >= 4 is 17.1 Å². The molecule has 1 heterocycles. The van der Waals surface area contributed by atoms with Gasteiger partial charge in [0, 0.05) is 0 Å². The second-order valence-corrected chi connectivity index (χ2v) is 3.08. The fourth-order valence-electron chi connectivity index (χ4n) is 0.684. The van der Waals surface area contributed by atoms with Gasteiger partial charge in [0.15, 0.2) is 5.78 Å². The van der Waals surface area contributed by atoms with Gasteiger partial charge in [0.1, 0.15) is 0 Å². The Morgan fingerprint density at radius 2 is 2.55 bits per heavy atom. The largest absolute Gasteiger partial charge is 0.394 e. The second-order valence-electron chi connectivity index (χ2n) is 2.13. The lowest BCUT2D eigenvalue weighted by Gasteiger charge is -2.02. The van der Waals surface area contributed by atoms with Crippen LogP contribution in [0.15, 0.2) is 17.5 Å². The fraction of sp³-hybridized carbons (Fsp3) is 0.286. The maximum atomic E-state index is 11.2. The predicted molar refractivity (Wildman–Crippen MR) is 43.7 cm³/mol. The summed E-state index contributed by atoms with van der Waals surface area (Å²) in [6.45, 7) is -0.295. The molecular formula is C7H9NO2S. The molecule has 0 aliphatic rings. The van der Waals surface area contributed by atoms with E-state index >= 15 is 0 Å². The van der Waals surface area contributed by atoms with E-state index in [1.807, 2.05) is 0 Å². The molecule has 1 aromatic heterocycles. The highest BCUT2D eigenvalue weighted by atomic mass is 32.1. The number of ketones is 1. The molecule has 11 heavy (non-hydrogen) atoms. The third kappa shape index (κ3) is 1.86. The molecule has 4 heteroatoms. The first-order valence-corrected chi connectivity index (χ1v) is 4.08. The van der Waals surface area contributed by atoms with E-state index in [1.54, 1.807) is 17.5 Å². The summed E-state index contributed by atoms with van der Waals surface area (Å²) >= 11 is 1.33. The molecule has 1 aromatic rings. The highest BCUT2D eigenvalue weighted by Gasteiger charge is 2.14. The van der Waals surface area contributed by atoms with Gasteiger partial charge in [0.25, 0.3) is 0 Å². The number of carbonyl (C=O) groups excluding carboxylic acids is 1. The van der Waals surface area contributed by atoms with E-state index < -0.39 is 6.04 Å². The molecule has 0 aromatic carbocycles. The number of nitrogens with two attached hydrogens (primary N) is 1. The van der Waals surface area contributed by atoms with Crippen LogP contribution in [0.25, 0.3) is 0 Å². The van der Waals surface area contributed by atoms with Gasteiger partial charge in [-0.15, -0.1) is 11.3 Å². The van der Waals surface area contributed by atoms with E-state index in [4.69, 9.17) is 10.8 Å². The first kappa shape index (κ1) is 8.39. The predicted octanol–water partition coefficient (Wildman–Crippen LogP) is 0.250. The van der Waals surface area contributed by atoms with E-state index in [2.05, 4.69) is 0 Å². The standard InChI is InChI=1S/C7H9NO2S/c8-5(4-9)7(10)6-2-1-3-11-6/h1-3,5,9H,4,8H2/t5-/m1/s1. The molecule has 0 saturated carbocycles. The van der Waals surface area contributed by atoms with Crippen molar-refractivity contribution in [3.63, 3.8) is 0 Å². The monoisotopic (exact) mass is 171 g/mol. The molecule has 1 rings (SSSR count).